The van der Waals surface area contributed by atoms with Gasteiger partial charge in [0.1, 0.15) is 22.8 Å². The van der Waals surface area contributed by atoms with Gasteiger partial charge in [-0.1, -0.05) is 44.2 Å². The summed E-state index contributed by atoms with van der Waals surface area (Å²) in [7, 11) is 0. The van der Waals surface area contributed by atoms with E-state index in [2.05, 4.69) is 65.6 Å². The second-order valence-corrected chi connectivity index (χ2v) is 10.1. The number of hydrogen-bond acceptors (Lipinski definition) is 4. The van der Waals surface area contributed by atoms with Gasteiger partial charge in [0, 0.05) is 34.5 Å². The largest absolute Gasteiger partial charge is 0.505 e. The first kappa shape index (κ1) is 23.0. The lowest BCUT2D eigenvalue weighted by Gasteiger charge is -2.12. The van der Waals surface area contributed by atoms with Crippen LogP contribution < -0.4 is 4.74 Å². The fraction of sp³-hybridized carbons (Fsp3) is 0.188. The average molecular weight is 488 g/mol. The van der Waals surface area contributed by atoms with Crippen molar-refractivity contribution in [1.82, 2.24) is 14.5 Å². The first-order valence-corrected chi connectivity index (χ1v) is 12.6. The van der Waals surface area contributed by atoms with E-state index in [4.69, 9.17) is 4.74 Å². The number of pyridine rings is 2. The SMILES string of the molecule is Cc1ccc2c(C)cc(Oc3cc(C)c4c5ccc(C(C)C)cc5n(-c5ccccn5)c4c3)nc2c1O. The number of phenolic OH excluding ortho intramolecular Hbond substituents is 1. The van der Waals surface area contributed by atoms with Gasteiger partial charge in [-0.25, -0.2) is 9.97 Å². The van der Waals surface area contributed by atoms with Crippen LogP contribution in [0.15, 0.2) is 72.9 Å². The summed E-state index contributed by atoms with van der Waals surface area (Å²) in [5.41, 5.74) is 6.89. The summed E-state index contributed by atoms with van der Waals surface area (Å²) < 4.78 is 8.56. The third-order valence-electron chi connectivity index (χ3n) is 7.17. The molecule has 3 aromatic carbocycles. The standard InChI is InChI=1S/C32H29N3O2/c1-18(2)22-10-12-25-26(16-22)35(28-8-6-7-13-33-28)27-17-23(14-21(5)30(25)27)37-29-15-20(4)24-11-9-19(3)32(36)31(24)34-29/h6-18,36H,1-5H3. The maximum Gasteiger partial charge on any atom is 0.220 e. The van der Waals surface area contributed by atoms with E-state index in [1.807, 2.05) is 56.4 Å². The van der Waals surface area contributed by atoms with Crippen LogP contribution in [0.1, 0.15) is 42.0 Å². The van der Waals surface area contributed by atoms with Crippen molar-refractivity contribution in [3.05, 3.63) is 95.2 Å². The second kappa shape index (κ2) is 8.63. The number of rotatable bonds is 4. The molecule has 6 rings (SSSR count). The summed E-state index contributed by atoms with van der Waals surface area (Å²) in [6.45, 7) is 10.4. The van der Waals surface area contributed by atoms with Crippen molar-refractivity contribution in [1.29, 1.82) is 0 Å². The van der Waals surface area contributed by atoms with Crippen molar-refractivity contribution in [2.24, 2.45) is 0 Å². The molecule has 0 aliphatic rings. The van der Waals surface area contributed by atoms with Gasteiger partial charge in [0.05, 0.1) is 11.0 Å². The molecule has 1 N–H and O–H groups in total. The number of fused-ring (bicyclic) bond motifs is 4. The molecule has 0 unspecified atom stereocenters. The molecule has 3 aromatic heterocycles. The molecule has 3 heterocycles. The highest BCUT2D eigenvalue weighted by molar-refractivity contribution is 6.11. The molecule has 0 fully saturated rings. The molecule has 6 aromatic rings. The molecule has 0 spiro atoms. The Hall–Kier alpha value is -4.38. The van der Waals surface area contributed by atoms with Crippen LogP contribution in [0.25, 0.3) is 38.5 Å². The monoisotopic (exact) mass is 487 g/mol. The molecule has 0 aliphatic heterocycles. The molecule has 0 aliphatic carbocycles. The van der Waals surface area contributed by atoms with Crippen LogP contribution in [0.5, 0.6) is 17.4 Å². The minimum Gasteiger partial charge on any atom is -0.505 e. The lowest BCUT2D eigenvalue weighted by atomic mass is 10.0. The van der Waals surface area contributed by atoms with Gasteiger partial charge in [-0.2, -0.15) is 0 Å². The molecular weight excluding hydrogens is 458 g/mol. The van der Waals surface area contributed by atoms with Crippen molar-refractivity contribution in [2.75, 3.05) is 0 Å². The Morgan fingerprint density at radius 2 is 1.62 bits per heavy atom. The first-order valence-electron chi connectivity index (χ1n) is 12.6. The minimum atomic E-state index is 0.189. The molecule has 0 bridgehead atoms. The molecule has 5 heteroatoms. The minimum absolute atomic E-state index is 0.189. The van der Waals surface area contributed by atoms with Gasteiger partial charge >= 0.3 is 0 Å². The van der Waals surface area contributed by atoms with Crippen molar-refractivity contribution in [3.8, 4) is 23.2 Å². The second-order valence-electron chi connectivity index (χ2n) is 10.1. The molecule has 0 atom stereocenters. The Morgan fingerprint density at radius 3 is 2.38 bits per heavy atom. The number of aromatic hydroxyl groups is 1. The summed E-state index contributed by atoms with van der Waals surface area (Å²) in [6.07, 6.45) is 1.82. The quantitative estimate of drug-likeness (QED) is 0.272. The maximum atomic E-state index is 10.6. The van der Waals surface area contributed by atoms with Crippen LogP contribution in [0.2, 0.25) is 0 Å². The van der Waals surface area contributed by atoms with E-state index in [9.17, 15) is 5.11 Å². The van der Waals surface area contributed by atoms with Crippen LogP contribution in [-0.2, 0) is 0 Å². The summed E-state index contributed by atoms with van der Waals surface area (Å²) in [6, 6.07) is 22.6. The van der Waals surface area contributed by atoms with Crippen LogP contribution >= 0.6 is 0 Å². The number of aromatic nitrogens is 3. The van der Waals surface area contributed by atoms with Gasteiger partial charge in [0.25, 0.3) is 0 Å². The number of hydrogen-bond donors (Lipinski definition) is 1. The van der Waals surface area contributed by atoms with Gasteiger partial charge in [-0.05, 0) is 73.2 Å². The topological polar surface area (TPSA) is 60.2 Å². The molecule has 0 saturated carbocycles. The molecular formula is C32H29N3O2. The third-order valence-corrected chi connectivity index (χ3v) is 7.17. The predicted octanol–water partition coefficient (Wildman–Crippen LogP) is 8.27. The molecule has 0 saturated heterocycles. The van der Waals surface area contributed by atoms with E-state index in [1.54, 1.807) is 0 Å². The van der Waals surface area contributed by atoms with E-state index in [0.29, 0.717) is 23.1 Å². The van der Waals surface area contributed by atoms with Crippen LogP contribution in [0, 0.1) is 20.8 Å². The van der Waals surface area contributed by atoms with Crippen LogP contribution in [0.3, 0.4) is 0 Å². The van der Waals surface area contributed by atoms with Gasteiger partial charge in [-0.15, -0.1) is 0 Å². The summed E-state index contributed by atoms with van der Waals surface area (Å²) in [4.78, 5) is 9.35. The fourth-order valence-electron chi connectivity index (χ4n) is 5.18. The number of ether oxygens (including phenoxy) is 1. The Bertz CT molecular complexity index is 1820. The van der Waals surface area contributed by atoms with Gasteiger partial charge in [0.15, 0.2) is 0 Å². The van der Waals surface area contributed by atoms with Crippen molar-refractivity contribution in [3.63, 3.8) is 0 Å². The molecule has 0 radical (unpaired) electrons. The van der Waals surface area contributed by atoms with Crippen LogP contribution in [0.4, 0.5) is 0 Å². The highest BCUT2D eigenvalue weighted by Gasteiger charge is 2.18. The van der Waals surface area contributed by atoms with Crippen molar-refractivity contribution >= 4 is 32.7 Å². The zero-order valence-corrected chi connectivity index (χ0v) is 21.7. The number of nitrogens with zero attached hydrogens (tertiary/aromatic N) is 3. The lowest BCUT2D eigenvalue weighted by Crippen LogP contribution is -1.98. The van der Waals surface area contributed by atoms with E-state index >= 15 is 0 Å². The smallest absolute Gasteiger partial charge is 0.220 e. The van der Waals surface area contributed by atoms with Gasteiger partial charge in [0.2, 0.25) is 5.88 Å². The van der Waals surface area contributed by atoms with Crippen molar-refractivity contribution < 1.29 is 9.84 Å². The zero-order valence-electron chi connectivity index (χ0n) is 21.7. The maximum absolute atomic E-state index is 10.6. The Kier molecular flexibility index (Phi) is 5.37. The Labute approximate surface area is 216 Å². The number of benzene rings is 3. The Balaban J connectivity index is 1.57. The summed E-state index contributed by atoms with van der Waals surface area (Å²) in [5.74, 6) is 2.61. The molecule has 0 amide bonds. The normalized spacial score (nSPS) is 11.7. The van der Waals surface area contributed by atoms with Crippen LogP contribution in [-0.4, -0.2) is 19.6 Å². The fourth-order valence-corrected chi connectivity index (χ4v) is 5.18. The van der Waals surface area contributed by atoms with Gasteiger partial charge in [-0.3, -0.25) is 4.57 Å². The highest BCUT2D eigenvalue weighted by atomic mass is 16.5. The average Bonchev–Trinajstić information content (AvgIpc) is 3.20. The van der Waals surface area contributed by atoms with E-state index in [1.165, 1.54) is 16.3 Å². The van der Waals surface area contributed by atoms with E-state index in [-0.39, 0.29) is 5.75 Å². The zero-order chi connectivity index (χ0) is 25.8. The summed E-state index contributed by atoms with van der Waals surface area (Å²) in [5, 5.41) is 13.9. The summed E-state index contributed by atoms with van der Waals surface area (Å²) >= 11 is 0. The Morgan fingerprint density at radius 1 is 0.811 bits per heavy atom. The number of phenols is 1. The third kappa shape index (κ3) is 3.78. The lowest BCUT2D eigenvalue weighted by molar-refractivity contribution is 0.458. The van der Waals surface area contributed by atoms with Crippen molar-refractivity contribution in [2.45, 2.75) is 40.5 Å². The van der Waals surface area contributed by atoms with Gasteiger partial charge < -0.3 is 9.84 Å². The highest BCUT2D eigenvalue weighted by Crippen LogP contribution is 2.39. The van der Waals surface area contributed by atoms with E-state index < -0.39 is 0 Å². The van der Waals surface area contributed by atoms with E-state index in [0.717, 1.165) is 38.9 Å². The predicted molar refractivity (Wildman–Crippen MR) is 150 cm³/mol. The molecule has 5 nitrogen and oxygen atoms in total. The molecule has 37 heavy (non-hydrogen) atoms. The molecule has 184 valence electrons. The number of aryl methyl sites for hydroxylation is 3. The first-order chi connectivity index (χ1) is 17.8.